The van der Waals surface area contributed by atoms with Crippen LogP contribution >= 0.6 is 0 Å². The van der Waals surface area contributed by atoms with Crippen molar-refractivity contribution in [2.45, 2.75) is 47.0 Å². The molecule has 2 aromatic rings. The van der Waals surface area contributed by atoms with Gasteiger partial charge in [0, 0.05) is 24.1 Å². The lowest BCUT2D eigenvalue weighted by molar-refractivity contribution is -0.120. The Kier molecular flexibility index (Phi) is 5.47. The number of rotatable bonds is 7. The minimum absolute atomic E-state index is 0.00716. The monoisotopic (exact) mass is 317 g/mol. The van der Waals surface area contributed by atoms with Crippen LogP contribution in [0.1, 0.15) is 43.4 Å². The zero-order valence-corrected chi connectivity index (χ0v) is 14.5. The van der Waals surface area contributed by atoms with Gasteiger partial charge >= 0.3 is 0 Å². The lowest BCUT2D eigenvalue weighted by Gasteiger charge is -2.21. The molecule has 4 heteroatoms. The molecule has 0 unspecified atom stereocenters. The van der Waals surface area contributed by atoms with Crippen molar-refractivity contribution in [3.63, 3.8) is 0 Å². The van der Waals surface area contributed by atoms with Crippen LogP contribution in [0.5, 0.6) is 0 Å². The highest BCUT2D eigenvalue weighted by atomic mass is 16.3. The number of hydrogen-bond acceptors (Lipinski definition) is 3. The van der Waals surface area contributed by atoms with Crippen LogP contribution in [0.15, 0.2) is 22.8 Å². The number of aryl methyl sites for hydroxylation is 2. The summed E-state index contributed by atoms with van der Waals surface area (Å²) >= 11 is 0. The lowest BCUT2D eigenvalue weighted by Crippen LogP contribution is -2.27. The largest absolute Gasteiger partial charge is 0.464 e. The van der Waals surface area contributed by atoms with Crippen LogP contribution < -0.4 is 5.32 Å². The molecule has 1 aromatic heterocycles. The van der Waals surface area contributed by atoms with Crippen molar-refractivity contribution < 1.29 is 14.3 Å². The van der Waals surface area contributed by atoms with Gasteiger partial charge in [-0.1, -0.05) is 26.0 Å². The summed E-state index contributed by atoms with van der Waals surface area (Å²) in [5, 5.41) is 13.2. The first-order chi connectivity index (χ1) is 10.8. The molecule has 0 bridgehead atoms. The highest BCUT2D eigenvalue weighted by molar-refractivity contribution is 5.89. The van der Waals surface area contributed by atoms with E-state index < -0.39 is 0 Å². The smallest absolute Gasteiger partial charge is 0.224 e. The molecule has 0 aliphatic heterocycles. The number of furan rings is 1. The van der Waals surface area contributed by atoms with E-state index in [1.54, 1.807) is 6.26 Å². The number of hydrogen-bond donors (Lipinski definition) is 2. The zero-order chi connectivity index (χ0) is 17.0. The number of aliphatic hydroxyl groups excluding tert-OH is 1. The molecule has 1 amide bonds. The minimum Gasteiger partial charge on any atom is -0.464 e. The van der Waals surface area contributed by atoms with Crippen molar-refractivity contribution in [2.24, 2.45) is 5.41 Å². The highest BCUT2D eigenvalue weighted by Crippen LogP contribution is 2.26. The minimum atomic E-state index is -0.0825. The van der Waals surface area contributed by atoms with Crippen molar-refractivity contribution in [2.75, 3.05) is 13.2 Å². The Morgan fingerprint density at radius 2 is 2.04 bits per heavy atom. The summed E-state index contributed by atoms with van der Waals surface area (Å²) in [7, 11) is 0. The van der Waals surface area contributed by atoms with Gasteiger partial charge in [-0.3, -0.25) is 4.79 Å². The summed E-state index contributed by atoms with van der Waals surface area (Å²) in [6.07, 6.45) is 3.77. The van der Waals surface area contributed by atoms with E-state index >= 15 is 0 Å². The molecule has 0 aliphatic carbocycles. The lowest BCUT2D eigenvalue weighted by atomic mass is 9.89. The molecule has 1 heterocycles. The maximum absolute atomic E-state index is 12.1. The number of carbonyl (C=O) groups is 1. The summed E-state index contributed by atoms with van der Waals surface area (Å²) in [5.41, 5.74) is 4.03. The summed E-state index contributed by atoms with van der Waals surface area (Å²) in [4.78, 5) is 12.1. The normalized spacial score (nSPS) is 11.9. The molecular formula is C19H27NO3. The van der Waals surface area contributed by atoms with Crippen molar-refractivity contribution in [1.29, 1.82) is 0 Å². The summed E-state index contributed by atoms with van der Waals surface area (Å²) in [6, 6.07) is 4.08. The fourth-order valence-corrected chi connectivity index (χ4v) is 2.63. The second-order valence-electron chi connectivity index (χ2n) is 7.10. The maximum Gasteiger partial charge on any atom is 0.224 e. The molecular weight excluding hydrogens is 290 g/mol. The van der Waals surface area contributed by atoms with Crippen molar-refractivity contribution in [3.05, 3.63) is 35.1 Å². The number of fused-ring (bicyclic) bond motifs is 1. The summed E-state index contributed by atoms with van der Waals surface area (Å²) in [5.74, 6) is 0.00716. The summed E-state index contributed by atoms with van der Waals surface area (Å²) in [6.45, 7) is 8.94. The van der Waals surface area contributed by atoms with Gasteiger partial charge in [0.25, 0.3) is 0 Å². The first-order valence-corrected chi connectivity index (χ1v) is 8.18. The van der Waals surface area contributed by atoms with Gasteiger partial charge in [0.15, 0.2) is 0 Å². The van der Waals surface area contributed by atoms with Gasteiger partial charge in [0.05, 0.1) is 12.7 Å². The predicted octanol–water partition coefficient (Wildman–Crippen LogP) is 3.51. The van der Waals surface area contributed by atoms with Crippen LogP contribution in [0, 0.1) is 19.3 Å². The molecule has 126 valence electrons. The third-order valence-corrected chi connectivity index (χ3v) is 4.47. The Balaban J connectivity index is 1.90. The molecule has 0 saturated heterocycles. The maximum atomic E-state index is 12.1. The molecule has 0 spiro atoms. The van der Waals surface area contributed by atoms with E-state index in [4.69, 9.17) is 4.42 Å². The Labute approximate surface area is 137 Å². The Hall–Kier alpha value is -1.81. The molecule has 2 rings (SSSR count). The van der Waals surface area contributed by atoms with Gasteiger partial charge in [0.1, 0.15) is 5.58 Å². The zero-order valence-electron chi connectivity index (χ0n) is 14.5. The fraction of sp³-hybridized carbons (Fsp3) is 0.526. The van der Waals surface area contributed by atoms with E-state index in [1.807, 2.05) is 26.8 Å². The third-order valence-electron chi connectivity index (χ3n) is 4.47. The number of nitrogens with one attached hydrogen (secondary N) is 1. The van der Waals surface area contributed by atoms with Crippen LogP contribution in [0.2, 0.25) is 0 Å². The predicted molar refractivity (Wildman–Crippen MR) is 92.5 cm³/mol. The van der Waals surface area contributed by atoms with Crippen LogP contribution in [-0.4, -0.2) is 24.2 Å². The Morgan fingerprint density at radius 1 is 1.30 bits per heavy atom. The Morgan fingerprint density at radius 3 is 2.74 bits per heavy atom. The topological polar surface area (TPSA) is 62.5 Å². The van der Waals surface area contributed by atoms with E-state index in [2.05, 4.69) is 18.3 Å². The molecule has 1 aromatic carbocycles. The van der Waals surface area contributed by atoms with Gasteiger partial charge in [-0.05, 0) is 43.2 Å². The first-order valence-electron chi connectivity index (χ1n) is 8.18. The number of benzene rings is 1. The van der Waals surface area contributed by atoms with Gasteiger partial charge < -0.3 is 14.8 Å². The average molecular weight is 317 g/mol. The van der Waals surface area contributed by atoms with Crippen molar-refractivity contribution in [1.82, 2.24) is 5.32 Å². The second kappa shape index (κ2) is 7.18. The van der Waals surface area contributed by atoms with Crippen LogP contribution in [0.4, 0.5) is 0 Å². The molecule has 2 N–H and O–H groups in total. The highest BCUT2D eigenvalue weighted by Gasteiger charge is 2.16. The van der Waals surface area contributed by atoms with Gasteiger partial charge in [-0.25, -0.2) is 0 Å². The van der Waals surface area contributed by atoms with Gasteiger partial charge in [-0.2, -0.15) is 0 Å². The number of aliphatic hydroxyl groups is 1. The van der Waals surface area contributed by atoms with Crippen LogP contribution in [-0.2, 0) is 11.2 Å². The van der Waals surface area contributed by atoms with Crippen molar-refractivity contribution >= 4 is 16.9 Å². The molecule has 0 aliphatic rings. The number of carbonyl (C=O) groups excluding carboxylic acids is 1. The number of amides is 1. The second-order valence-corrected chi connectivity index (χ2v) is 7.10. The third kappa shape index (κ3) is 4.35. The van der Waals surface area contributed by atoms with Gasteiger partial charge in [-0.15, -0.1) is 0 Å². The van der Waals surface area contributed by atoms with Crippen LogP contribution in [0.25, 0.3) is 11.0 Å². The molecule has 0 atom stereocenters. The standard InChI is InChI=1S/C19H27NO3/c1-13-6-7-16-15(11-23-18(16)14(13)2)10-17(22)20-9-5-8-19(3,4)12-21/h6-7,11,21H,5,8-10,12H2,1-4H3,(H,20,22). The molecule has 23 heavy (non-hydrogen) atoms. The van der Waals surface area contributed by atoms with Crippen LogP contribution in [0.3, 0.4) is 0 Å². The van der Waals surface area contributed by atoms with E-state index in [-0.39, 0.29) is 17.9 Å². The van der Waals surface area contributed by atoms with E-state index in [1.165, 1.54) is 5.56 Å². The van der Waals surface area contributed by atoms with E-state index in [0.29, 0.717) is 13.0 Å². The first kappa shape index (κ1) is 17.5. The Bertz CT molecular complexity index is 685. The summed E-state index contributed by atoms with van der Waals surface area (Å²) < 4.78 is 5.64. The average Bonchev–Trinajstić information content (AvgIpc) is 2.91. The molecule has 0 saturated carbocycles. The SMILES string of the molecule is Cc1ccc2c(CC(=O)NCCCC(C)(C)CO)coc2c1C. The van der Waals surface area contributed by atoms with E-state index in [0.717, 1.165) is 34.9 Å². The molecule has 0 fully saturated rings. The fourth-order valence-electron chi connectivity index (χ4n) is 2.63. The van der Waals surface area contributed by atoms with Crippen molar-refractivity contribution in [3.8, 4) is 0 Å². The molecule has 4 nitrogen and oxygen atoms in total. The molecule has 0 radical (unpaired) electrons. The van der Waals surface area contributed by atoms with E-state index in [9.17, 15) is 9.90 Å². The van der Waals surface area contributed by atoms with Gasteiger partial charge in [0.2, 0.25) is 5.91 Å². The quantitative estimate of drug-likeness (QED) is 0.768.